The third-order valence-electron chi connectivity index (χ3n) is 1.73. The van der Waals surface area contributed by atoms with Gasteiger partial charge in [-0.3, -0.25) is 8.37 Å². The van der Waals surface area contributed by atoms with Crippen molar-refractivity contribution in [2.75, 3.05) is 11.5 Å². The molecule has 0 spiro atoms. The first-order valence-electron chi connectivity index (χ1n) is 3.87. The molecule has 1 aliphatic heterocycles. The van der Waals surface area contributed by atoms with Crippen LogP contribution in [0.2, 0.25) is 0 Å². The zero-order chi connectivity index (χ0) is 13.5. The average molecular weight is 410 g/mol. The molecule has 0 aromatic heterocycles. The fraction of sp³-hybridized carbons (Fsp3) is 1.00. The molecule has 18 heteroatoms. The van der Waals surface area contributed by atoms with Crippen LogP contribution in [0.5, 0.6) is 0 Å². The van der Waals surface area contributed by atoms with Crippen molar-refractivity contribution in [3.05, 3.63) is 0 Å². The van der Waals surface area contributed by atoms with Crippen molar-refractivity contribution in [1.82, 2.24) is 0 Å². The predicted molar refractivity (Wildman–Crippen MR) is 58.6 cm³/mol. The first-order valence-corrected chi connectivity index (χ1v) is 8.35. The molecule has 0 aromatic rings. The van der Waals surface area contributed by atoms with Gasteiger partial charge in [-0.25, -0.2) is 25.3 Å². The fourth-order valence-corrected chi connectivity index (χ4v) is 4.13. The fourth-order valence-electron chi connectivity index (χ4n) is 1.27. The predicted octanol–water partition coefficient (Wildman–Crippen LogP) is -11.4. The van der Waals surface area contributed by atoms with E-state index in [4.69, 9.17) is 0 Å². The van der Waals surface area contributed by atoms with Gasteiger partial charge in [0.05, 0.1) is 11.5 Å². The molecule has 0 aromatic carbocycles. The number of rotatable bonds is 4. The van der Waals surface area contributed by atoms with Gasteiger partial charge in [-0.05, 0) is 0 Å². The van der Waals surface area contributed by atoms with Gasteiger partial charge in [0.1, 0.15) is 12.2 Å². The second-order valence-corrected chi connectivity index (χ2v) is 7.33. The van der Waals surface area contributed by atoms with Gasteiger partial charge in [-0.2, -0.15) is 0 Å². The number of sulfone groups is 1. The van der Waals surface area contributed by atoms with Crippen LogP contribution in [0, 0.1) is 0 Å². The van der Waals surface area contributed by atoms with E-state index < -0.39 is 54.3 Å². The Hall–Kier alpha value is 1.57. The topological polar surface area (TPSA) is 261 Å². The van der Waals surface area contributed by atoms with Crippen molar-refractivity contribution in [1.29, 1.82) is 0 Å². The molecule has 1 heterocycles. The van der Waals surface area contributed by atoms with Crippen LogP contribution in [0.15, 0.2) is 0 Å². The Morgan fingerprint density at radius 2 is 1.00 bits per heavy atom. The molecular weight excluding hydrogens is 398 g/mol. The van der Waals surface area contributed by atoms with Crippen LogP contribution < -0.4 is 59.1 Å². The number of hydrogen-bond acceptors (Lipinski definition) is 10. The van der Waals surface area contributed by atoms with Gasteiger partial charge in [0.25, 0.3) is 0 Å². The van der Waals surface area contributed by atoms with Gasteiger partial charge in [0, 0.05) is 0 Å². The molecule has 126 valence electrons. The van der Waals surface area contributed by atoms with Gasteiger partial charge in [-0.15, -0.1) is 0 Å². The molecule has 2 unspecified atom stereocenters. The quantitative estimate of drug-likeness (QED) is 0.240. The number of hydrogen-bond donors (Lipinski definition) is 0. The standard InChI is InChI=1S/C4H8O10S3.2Na.3H2O/c5-15(6)1-3(13-16(7,8)9)4(2-15)14-17(10,11)12;;;;;/h3-4H,1-2H2,(H,7,8,9)(H,10,11,12);;;3*1H2/q;2*+1;;;/p-2. The molecule has 22 heavy (non-hydrogen) atoms. The van der Waals surface area contributed by atoms with Crippen LogP contribution >= 0.6 is 0 Å². The molecule has 1 aliphatic rings. The van der Waals surface area contributed by atoms with E-state index in [0.29, 0.717) is 0 Å². The summed E-state index contributed by atoms with van der Waals surface area (Å²) in [7, 11) is -14.3. The summed E-state index contributed by atoms with van der Waals surface area (Å²) in [6.07, 6.45) is -3.68. The van der Waals surface area contributed by atoms with E-state index in [1.54, 1.807) is 0 Å². The van der Waals surface area contributed by atoms with E-state index in [1.807, 2.05) is 0 Å². The van der Waals surface area contributed by atoms with Crippen LogP contribution in [-0.4, -0.2) is 74.5 Å². The summed E-state index contributed by atoms with van der Waals surface area (Å²) in [6.45, 7) is 0. The van der Waals surface area contributed by atoms with E-state index in [2.05, 4.69) is 8.37 Å². The van der Waals surface area contributed by atoms with E-state index in [-0.39, 0.29) is 75.5 Å². The molecule has 1 rings (SSSR count). The monoisotopic (exact) mass is 410 g/mol. The maximum absolute atomic E-state index is 11.1. The molecule has 0 amide bonds. The molecule has 1 fully saturated rings. The Morgan fingerprint density at radius 1 is 0.773 bits per heavy atom. The molecule has 1 saturated heterocycles. The smallest absolute Gasteiger partial charge is 0.726 e. The summed E-state index contributed by atoms with van der Waals surface area (Å²) in [5.74, 6) is -1.84. The van der Waals surface area contributed by atoms with Gasteiger partial charge >= 0.3 is 59.1 Å². The van der Waals surface area contributed by atoms with Crippen molar-refractivity contribution < 1.29 is 118 Å². The minimum Gasteiger partial charge on any atom is -0.726 e. The van der Waals surface area contributed by atoms with Crippen LogP contribution in [0.4, 0.5) is 0 Å². The van der Waals surface area contributed by atoms with E-state index in [1.165, 1.54) is 0 Å². The molecule has 2 atom stereocenters. The maximum Gasteiger partial charge on any atom is 1.00 e. The van der Waals surface area contributed by atoms with E-state index in [0.717, 1.165) is 0 Å². The summed E-state index contributed by atoms with van der Waals surface area (Å²) >= 11 is 0. The molecule has 0 saturated carbocycles. The Balaban J connectivity index is -0.000000193. The van der Waals surface area contributed by atoms with Gasteiger partial charge in [0.2, 0.25) is 20.8 Å². The van der Waals surface area contributed by atoms with Crippen LogP contribution in [-0.2, 0) is 39.0 Å². The minimum absolute atomic E-state index is 0. The first kappa shape index (κ1) is 34.8. The van der Waals surface area contributed by atoms with Crippen molar-refractivity contribution >= 4 is 30.6 Å². The summed E-state index contributed by atoms with van der Waals surface area (Å²) in [5, 5.41) is 0. The summed E-state index contributed by atoms with van der Waals surface area (Å²) in [6, 6.07) is 0. The Labute approximate surface area is 171 Å². The van der Waals surface area contributed by atoms with E-state index in [9.17, 15) is 34.4 Å². The first-order chi connectivity index (χ1) is 7.38. The molecule has 0 radical (unpaired) electrons. The Bertz CT molecular complexity index is 545. The van der Waals surface area contributed by atoms with Crippen molar-refractivity contribution in [3.63, 3.8) is 0 Å². The summed E-state index contributed by atoms with van der Waals surface area (Å²) in [4.78, 5) is 0. The summed E-state index contributed by atoms with van der Waals surface area (Å²) in [5.41, 5.74) is 0. The molecule has 6 N–H and O–H groups in total. The Morgan fingerprint density at radius 3 is 1.18 bits per heavy atom. The maximum atomic E-state index is 11.1. The zero-order valence-corrected chi connectivity index (χ0v) is 17.8. The second kappa shape index (κ2) is 12.0. The van der Waals surface area contributed by atoms with Gasteiger partial charge in [0.15, 0.2) is 9.84 Å². The van der Waals surface area contributed by atoms with Crippen LogP contribution in [0.25, 0.3) is 0 Å². The van der Waals surface area contributed by atoms with E-state index >= 15 is 0 Å². The summed E-state index contributed by atoms with van der Waals surface area (Å²) < 4.78 is 91.3. The largest absolute Gasteiger partial charge is 1.00 e. The normalized spacial score (nSPS) is 22.6. The average Bonchev–Trinajstić information content (AvgIpc) is 2.17. The van der Waals surface area contributed by atoms with Crippen LogP contribution in [0.1, 0.15) is 0 Å². The van der Waals surface area contributed by atoms with Crippen molar-refractivity contribution in [2.45, 2.75) is 12.2 Å². The SMILES string of the molecule is O.O.O.O=S1(=O)CC(OS(=O)(=O)[O-])C(OS(=O)(=O)[O-])C1.[Na+].[Na+]. The molecular formula is C4H12Na2O13S3. The molecule has 13 nitrogen and oxygen atoms in total. The third kappa shape index (κ3) is 14.0. The molecule has 0 bridgehead atoms. The second-order valence-electron chi connectivity index (χ2n) is 3.16. The third-order valence-corrected chi connectivity index (χ3v) is 4.37. The zero-order valence-electron chi connectivity index (χ0n) is 11.4. The van der Waals surface area contributed by atoms with Gasteiger partial charge < -0.3 is 25.5 Å². The van der Waals surface area contributed by atoms with Crippen molar-refractivity contribution in [3.8, 4) is 0 Å². The van der Waals surface area contributed by atoms with Crippen molar-refractivity contribution in [2.24, 2.45) is 0 Å². The minimum atomic E-state index is -5.24. The molecule has 0 aliphatic carbocycles. The Kier molecular flexibility index (Phi) is 19.0. The van der Waals surface area contributed by atoms with Gasteiger partial charge in [-0.1, -0.05) is 0 Å². The van der Waals surface area contributed by atoms with Crippen LogP contribution in [0.3, 0.4) is 0 Å².